The Kier molecular flexibility index (Phi) is 5.54. The van der Waals surface area contributed by atoms with Crippen LogP contribution in [0.25, 0.3) is 100 Å². The van der Waals surface area contributed by atoms with E-state index in [9.17, 15) is 0 Å². The number of furan rings is 1. The van der Waals surface area contributed by atoms with Crippen LogP contribution in [-0.2, 0) is 0 Å². The van der Waals surface area contributed by atoms with Gasteiger partial charge < -0.3 is 4.42 Å². The zero-order valence-corrected chi connectivity index (χ0v) is 25.2. The minimum absolute atomic E-state index is 0.641. The summed E-state index contributed by atoms with van der Waals surface area (Å²) < 4.78 is 6.34. The van der Waals surface area contributed by atoms with Gasteiger partial charge in [-0.25, -0.2) is 15.0 Å². The van der Waals surface area contributed by atoms with Crippen molar-refractivity contribution in [3.63, 3.8) is 0 Å². The molecule has 10 rings (SSSR count). The minimum atomic E-state index is 0.641. The quantitative estimate of drug-likeness (QED) is 0.202. The van der Waals surface area contributed by atoms with Crippen molar-refractivity contribution in [1.29, 1.82) is 0 Å². The normalized spacial score (nSPS) is 11.8. The van der Waals surface area contributed by atoms with Crippen molar-refractivity contribution in [1.82, 2.24) is 15.0 Å². The fraction of sp³-hybridized carbons (Fsp3) is 0. The van der Waals surface area contributed by atoms with E-state index in [2.05, 4.69) is 91.0 Å². The molecule has 9 aromatic rings. The predicted octanol–water partition coefficient (Wildman–Crippen LogP) is 11.2. The lowest BCUT2D eigenvalue weighted by Crippen LogP contribution is -2.01. The summed E-state index contributed by atoms with van der Waals surface area (Å²) in [5.74, 6) is 1.94. The number of benzene rings is 7. The molecule has 0 amide bonds. The first-order chi connectivity index (χ1) is 23.3. The molecule has 0 bridgehead atoms. The molecule has 0 spiro atoms. The highest BCUT2D eigenvalue weighted by atomic mass is 16.3. The van der Waals surface area contributed by atoms with Crippen molar-refractivity contribution >= 4 is 32.7 Å². The van der Waals surface area contributed by atoms with Crippen molar-refractivity contribution in [2.45, 2.75) is 0 Å². The number of aromatic nitrogens is 3. The van der Waals surface area contributed by atoms with Gasteiger partial charge in [-0.2, -0.15) is 0 Å². The second-order valence-electron chi connectivity index (χ2n) is 11.9. The Balaban J connectivity index is 1.24. The highest BCUT2D eigenvalue weighted by Gasteiger charge is 2.25. The SMILES string of the molecule is c1ccc(-c2nc(-c3ccccc3)nc(-c3ccccc3-c3ccc4c5c(cccc35)-c3cccc5oc6cccc-4c6c35)n2)cc1. The Hall–Kier alpha value is -6.39. The van der Waals surface area contributed by atoms with Gasteiger partial charge in [0.05, 0.1) is 0 Å². The molecule has 47 heavy (non-hydrogen) atoms. The van der Waals surface area contributed by atoms with Gasteiger partial charge in [0.15, 0.2) is 17.5 Å². The van der Waals surface area contributed by atoms with E-state index in [1.165, 1.54) is 43.8 Å². The lowest BCUT2D eigenvalue weighted by Gasteiger charge is -2.17. The van der Waals surface area contributed by atoms with E-state index in [0.717, 1.165) is 39.0 Å². The van der Waals surface area contributed by atoms with Gasteiger partial charge in [-0.1, -0.05) is 140 Å². The highest BCUT2D eigenvalue weighted by Crippen LogP contribution is 2.50. The molecule has 1 aliphatic carbocycles. The second-order valence-corrected chi connectivity index (χ2v) is 11.9. The van der Waals surface area contributed by atoms with E-state index in [1.807, 2.05) is 60.7 Å². The van der Waals surface area contributed by atoms with E-state index < -0.39 is 0 Å². The maximum atomic E-state index is 6.34. The lowest BCUT2D eigenvalue weighted by molar-refractivity contribution is 0.669. The molecule has 1 aliphatic rings. The summed E-state index contributed by atoms with van der Waals surface area (Å²) in [5.41, 5.74) is 11.7. The maximum Gasteiger partial charge on any atom is 0.164 e. The van der Waals surface area contributed by atoms with Crippen LogP contribution in [-0.4, -0.2) is 15.0 Å². The Labute approximate surface area is 270 Å². The molecule has 0 radical (unpaired) electrons. The van der Waals surface area contributed by atoms with Crippen LogP contribution in [0.5, 0.6) is 0 Å². The monoisotopic (exact) mass is 599 g/mol. The van der Waals surface area contributed by atoms with Crippen LogP contribution in [0.3, 0.4) is 0 Å². The fourth-order valence-electron chi connectivity index (χ4n) is 7.25. The van der Waals surface area contributed by atoms with E-state index in [4.69, 9.17) is 19.4 Å². The van der Waals surface area contributed by atoms with Gasteiger partial charge in [-0.3, -0.25) is 0 Å². The highest BCUT2D eigenvalue weighted by molar-refractivity contribution is 6.26. The summed E-state index contributed by atoms with van der Waals surface area (Å²) in [4.78, 5) is 15.1. The maximum absolute atomic E-state index is 6.34. The molecule has 2 heterocycles. The predicted molar refractivity (Wildman–Crippen MR) is 191 cm³/mol. The topological polar surface area (TPSA) is 51.8 Å². The summed E-state index contributed by atoms with van der Waals surface area (Å²) in [6, 6.07) is 52.7. The Bertz CT molecular complexity index is 2550. The third-order valence-corrected chi connectivity index (χ3v) is 9.30. The van der Waals surface area contributed by atoms with Crippen LogP contribution >= 0.6 is 0 Å². The first-order valence-electron chi connectivity index (χ1n) is 15.8. The fourth-order valence-corrected chi connectivity index (χ4v) is 7.25. The van der Waals surface area contributed by atoms with Crippen molar-refractivity contribution in [3.05, 3.63) is 152 Å². The van der Waals surface area contributed by atoms with Crippen LogP contribution in [0, 0.1) is 0 Å². The van der Waals surface area contributed by atoms with E-state index in [0.29, 0.717) is 17.5 Å². The number of rotatable bonds is 4. The zero-order chi connectivity index (χ0) is 30.9. The smallest absolute Gasteiger partial charge is 0.164 e. The van der Waals surface area contributed by atoms with E-state index in [1.54, 1.807) is 0 Å². The summed E-state index contributed by atoms with van der Waals surface area (Å²) in [6.45, 7) is 0. The molecule has 7 aromatic carbocycles. The average Bonchev–Trinajstić information content (AvgIpc) is 3.48. The molecule has 4 heteroatoms. The van der Waals surface area contributed by atoms with Gasteiger partial charge in [0.2, 0.25) is 0 Å². The second kappa shape index (κ2) is 10.1. The third-order valence-electron chi connectivity index (χ3n) is 9.30. The molecule has 0 atom stereocenters. The standard InChI is InChI=1S/C43H25N3O/c1-3-12-26(13-4-1)41-44-42(27-14-5-2-6-15-27)46-43(45-41)35-17-8-7-16-28(35)29-24-25-34-33-21-11-23-37-40(33)39-32(20-10-22-36(39)47-37)31-19-9-18-30(29)38(31)34/h1-25H. The average molecular weight is 600 g/mol. The third kappa shape index (κ3) is 3.92. The Morgan fingerprint density at radius 2 is 0.745 bits per heavy atom. The van der Waals surface area contributed by atoms with E-state index in [-0.39, 0.29) is 0 Å². The van der Waals surface area contributed by atoms with Crippen molar-refractivity contribution in [2.75, 3.05) is 0 Å². The van der Waals surface area contributed by atoms with Gasteiger partial charge in [0.25, 0.3) is 0 Å². The number of nitrogens with zero attached hydrogens (tertiary/aromatic N) is 3. The van der Waals surface area contributed by atoms with E-state index >= 15 is 0 Å². The van der Waals surface area contributed by atoms with Crippen LogP contribution in [0.15, 0.2) is 156 Å². The number of hydrogen-bond donors (Lipinski definition) is 0. The van der Waals surface area contributed by atoms with Crippen LogP contribution in [0.1, 0.15) is 0 Å². The molecule has 218 valence electrons. The largest absolute Gasteiger partial charge is 0.456 e. The van der Waals surface area contributed by atoms with Crippen LogP contribution in [0.4, 0.5) is 0 Å². The molecule has 2 aromatic heterocycles. The molecular weight excluding hydrogens is 574 g/mol. The number of fused-ring (bicyclic) bond motifs is 2. The minimum Gasteiger partial charge on any atom is -0.456 e. The van der Waals surface area contributed by atoms with Crippen molar-refractivity contribution < 1.29 is 4.42 Å². The lowest BCUT2D eigenvalue weighted by atomic mass is 9.87. The van der Waals surface area contributed by atoms with Crippen LogP contribution in [0.2, 0.25) is 0 Å². The molecule has 0 fully saturated rings. The molecule has 0 saturated heterocycles. The Morgan fingerprint density at radius 1 is 0.298 bits per heavy atom. The molecule has 0 N–H and O–H groups in total. The number of hydrogen-bond acceptors (Lipinski definition) is 4. The summed E-state index contributed by atoms with van der Waals surface area (Å²) in [6.07, 6.45) is 0. The first-order valence-corrected chi connectivity index (χ1v) is 15.8. The van der Waals surface area contributed by atoms with Gasteiger partial charge in [0.1, 0.15) is 11.2 Å². The van der Waals surface area contributed by atoms with Crippen molar-refractivity contribution in [3.8, 4) is 67.5 Å². The van der Waals surface area contributed by atoms with Crippen LogP contribution < -0.4 is 0 Å². The zero-order valence-electron chi connectivity index (χ0n) is 25.2. The van der Waals surface area contributed by atoms with Gasteiger partial charge in [-0.15, -0.1) is 0 Å². The molecular formula is C43H25N3O. The summed E-state index contributed by atoms with van der Waals surface area (Å²) >= 11 is 0. The molecule has 0 saturated carbocycles. The summed E-state index contributed by atoms with van der Waals surface area (Å²) in [7, 11) is 0. The van der Waals surface area contributed by atoms with Crippen molar-refractivity contribution in [2.24, 2.45) is 0 Å². The van der Waals surface area contributed by atoms with Gasteiger partial charge >= 0.3 is 0 Å². The first kappa shape index (κ1) is 25.9. The Morgan fingerprint density at radius 3 is 1.36 bits per heavy atom. The van der Waals surface area contributed by atoms with Gasteiger partial charge in [0, 0.05) is 27.5 Å². The van der Waals surface area contributed by atoms with Gasteiger partial charge in [-0.05, 0) is 56.3 Å². The molecule has 4 nitrogen and oxygen atoms in total. The summed E-state index contributed by atoms with van der Waals surface area (Å²) in [5, 5.41) is 4.78. The molecule has 0 unspecified atom stereocenters. The molecule has 0 aliphatic heterocycles.